The van der Waals surface area contributed by atoms with Crippen LogP contribution in [0.1, 0.15) is 11.6 Å². The maximum Gasteiger partial charge on any atom is 0.182 e. The van der Waals surface area contributed by atoms with Crippen LogP contribution in [0.2, 0.25) is 0 Å². The molecule has 2 rings (SSSR count). The smallest absolute Gasteiger partial charge is 0.182 e. The van der Waals surface area contributed by atoms with E-state index in [0.29, 0.717) is 13.2 Å². The number of rotatable bonds is 2. The average Bonchev–Trinajstić information content (AvgIpc) is 2.71. The SMILES string of the molecule is CNc1nc(C2COCC2N)cs1. The van der Waals surface area contributed by atoms with Crippen molar-refractivity contribution >= 4 is 16.5 Å². The van der Waals surface area contributed by atoms with Crippen molar-refractivity contribution < 1.29 is 4.74 Å². The van der Waals surface area contributed by atoms with Crippen molar-refractivity contribution in [2.24, 2.45) is 5.73 Å². The van der Waals surface area contributed by atoms with Crippen LogP contribution in [-0.4, -0.2) is 31.3 Å². The molecule has 0 amide bonds. The van der Waals surface area contributed by atoms with E-state index in [2.05, 4.69) is 10.3 Å². The summed E-state index contributed by atoms with van der Waals surface area (Å²) in [5.74, 6) is 0.276. The third kappa shape index (κ3) is 1.67. The zero-order valence-electron chi connectivity index (χ0n) is 7.49. The molecule has 1 aliphatic rings. The number of anilines is 1. The van der Waals surface area contributed by atoms with Crippen LogP contribution in [0.4, 0.5) is 5.13 Å². The van der Waals surface area contributed by atoms with Crippen molar-refractivity contribution in [3.8, 4) is 0 Å². The average molecular weight is 199 g/mol. The summed E-state index contributed by atoms with van der Waals surface area (Å²) >= 11 is 1.61. The number of nitrogens with one attached hydrogen (secondary N) is 1. The zero-order valence-corrected chi connectivity index (χ0v) is 8.30. The van der Waals surface area contributed by atoms with Crippen LogP contribution >= 0.6 is 11.3 Å². The fourth-order valence-electron chi connectivity index (χ4n) is 1.45. The monoisotopic (exact) mass is 199 g/mol. The minimum Gasteiger partial charge on any atom is -0.379 e. The van der Waals surface area contributed by atoms with Gasteiger partial charge < -0.3 is 15.8 Å². The molecule has 2 unspecified atom stereocenters. The maximum atomic E-state index is 5.88. The molecular weight excluding hydrogens is 186 g/mol. The van der Waals surface area contributed by atoms with Gasteiger partial charge in [0.05, 0.1) is 18.9 Å². The van der Waals surface area contributed by atoms with Gasteiger partial charge in [-0.3, -0.25) is 0 Å². The summed E-state index contributed by atoms with van der Waals surface area (Å²) in [5.41, 5.74) is 6.94. The van der Waals surface area contributed by atoms with E-state index in [1.807, 2.05) is 12.4 Å². The Kier molecular flexibility index (Phi) is 2.48. The van der Waals surface area contributed by atoms with E-state index < -0.39 is 0 Å². The van der Waals surface area contributed by atoms with Gasteiger partial charge >= 0.3 is 0 Å². The molecular formula is C8H13N3OS. The molecule has 0 aromatic carbocycles. The second-order valence-corrected chi connectivity index (χ2v) is 3.99. The van der Waals surface area contributed by atoms with E-state index in [0.717, 1.165) is 10.8 Å². The number of thiazole rings is 1. The molecule has 0 spiro atoms. The highest BCUT2D eigenvalue weighted by molar-refractivity contribution is 7.13. The third-order valence-corrected chi connectivity index (χ3v) is 3.12. The molecule has 5 heteroatoms. The summed E-state index contributed by atoms with van der Waals surface area (Å²) in [6.07, 6.45) is 0. The molecule has 0 bridgehead atoms. The fourth-order valence-corrected chi connectivity index (χ4v) is 2.18. The van der Waals surface area contributed by atoms with E-state index in [9.17, 15) is 0 Å². The molecule has 0 saturated carbocycles. The van der Waals surface area contributed by atoms with Gasteiger partial charge in [0, 0.05) is 24.4 Å². The molecule has 0 aliphatic carbocycles. The first-order chi connectivity index (χ1) is 6.31. The highest BCUT2D eigenvalue weighted by Gasteiger charge is 2.28. The number of hydrogen-bond acceptors (Lipinski definition) is 5. The highest BCUT2D eigenvalue weighted by atomic mass is 32.1. The first-order valence-electron chi connectivity index (χ1n) is 4.27. The van der Waals surface area contributed by atoms with E-state index in [-0.39, 0.29) is 12.0 Å². The summed E-state index contributed by atoms with van der Waals surface area (Å²) in [7, 11) is 1.87. The summed E-state index contributed by atoms with van der Waals surface area (Å²) in [5, 5.41) is 6.00. The van der Waals surface area contributed by atoms with Crippen molar-refractivity contribution in [2.75, 3.05) is 25.6 Å². The van der Waals surface area contributed by atoms with Gasteiger partial charge in [-0.1, -0.05) is 0 Å². The van der Waals surface area contributed by atoms with Crippen LogP contribution in [-0.2, 0) is 4.74 Å². The van der Waals surface area contributed by atoms with E-state index in [1.54, 1.807) is 11.3 Å². The van der Waals surface area contributed by atoms with Crippen molar-refractivity contribution in [1.29, 1.82) is 0 Å². The number of aromatic nitrogens is 1. The van der Waals surface area contributed by atoms with Gasteiger partial charge in [0.15, 0.2) is 5.13 Å². The van der Waals surface area contributed by atoms with Gasteiger partial charge in [0.1, 0.15) is 0 Å². The predicted molar refractivity (Wildman–Crippen MR) is 53.2 cm³/mol. The number of nitrogens with zero attached hydrogens (tertiary/aromatic N) is 1. The molecule has 1 saturated heterocycles. The second kappa shape index (κ2) is 3.61. The summed E-state index contributed by atoms with van der Waals surface area (Å²) in [4.78, 5) is 4.41. The summed E-state index contributed by atoms with van der Waals surface area (Å²) in [6, 6.07) is 0.104. The molecule has 1 aliphatic heterocycles. The standard InChI is InChI=1S/C8H13N3OS/c1-10-8-11-7(4-13-8)5-2-12-3-6(5)9/h4-6H,2-3,9H2,1H3,(H,10,11). The van der Waals surface area contributed by atoms with Crippen molar-refractivity contribution in [3.05, 3.63) is 11.1 Å². The Hall–Kier alpha value is -0.650. The molecule has 1 aromatic heterocycles. The van der Waals surface area contributed by atoms with Crippen molar-refractivity contribution in [1.82, 2.24) is 4.98 Å². The first kappa shape index (κ1) is 8.93. The molecule has 72 valence electrons. The van der Waals surface area contributed by atoms with Crippen LogP contribution in [0.3, 0.4) is 0 Å². The van der Waals surface area contributed by atoms with E-state index in [1.165, 1.54) is 0 Å². The van der Waals surface area contributed by atoms with Gasteiger partial charge in [0.25, 0.3) is 0 Å². The number of ether oxygens (including phenoxy) is 1. The molecule has 2 heterocycles. The van der Waals surface area contributed by atoms with Crippen LogP contribution in [0.5, 0.6) is 0 Å². The fraction of sp³-hybridized carbons (Fsp3) is 0.625. The van der Waals surface area contributed by atoms with Crippen LogP contribution in [0.15, 0.2) is 5.38 Å². The van der Waals surface area contributed by atoms with Crippen molar-refractivity contribution in [3.63, 3.8) is 0 Å². The maximum absolute atomic E-state index is 5.88. The van der Waals surface area contributed by atoms with Crippen LogP contribution in [0.25, 0.3) is 0 Å². The molecule has 0 radical (unpaired) electrons. The highest BCUT2D eigenvalue weighted by Crippen LogP contribution is 2.27. The van der Waals surface area contributed by atoms with Crippen LogP contribution < -0.4 is 11.1 Å². The third-order valence-electron chi connectivity index (χ3n) is 2.24. The number of nitrogens with two attached hydrogens (primary N) is 1. The lowest BCUT2D eigenvalue weighted by Gasteiger charge is -2.08. The lowest BCUT2D eigenvalue weighted by atomic mass is 10.0. The van der Waals surface area contributed by atoms with Crippen LogP contribution in [0, 0.1) is 0 Å². The van der Waals surface area contributed by atoms with Gasteiger partial charge in [0.2, 0.25) is 0 Å². The molecule has 1 aromatic rings. The minimum atomic E-state index is 0.104. The Morgan fingerprint density at radius 2 is 2.54 bits per heavy atom. The quantitative estimate of drug-likeness (QED) is 0.733. The van der Waals surface area contributed by atoms with Gasteiger partial charge in [-0.2, -0.15) is 0 Å². The van der Waals surface area contributed by atoms with Gasteiger partial charge in [-0.15, -0.1) is 11.3 Å². The van der Waals surface area contributed by atoms with Gasteiger partial charge in [-0.25, -0.2) is 4.98 Å². The minimum absolute atomic E-state index is 0.104. The Labute approximate surface area is 81.1 Å². The molecule has 1 fully saturated rings. The predicted octanol–water partition coefficient (Wildman–Crippen LogP) is 0.626. The largest absolute Gasteiger partial charge is 0.379 e. The van der Waals surface area contributed by atoms with Crippen molar-refractivity contribution in [2.45, 2.75) is 12.0 Å². The Morgan fingerprint density at radius 3 is 3.08 bits per heavy atom. The Bertz CT molecular complexity index is 289. The Balaban J connectivity index is 2.15. The molecule has 3 N–H and O–H groups in total. The van der Waals surface area contributed by atoms with Gasteiger partial charge in [-0.05, 0) is 0 Å². The summed E-state index contributed by atoms with van der Waals surface area (Å²) in [6.45, 7) is 1.35. The second-order valence-electron chi connectivity index (χ2n) is 3.14. The van der Waals surface area contributed by atoms with E-state index in [4.69, 9.17) is 10.5 Å². The molecule has 13 heavy (non-hydrogen) atoms. The number of hydrogen-bond donors (Lipinski definition) is 2. The lowest BCUT2D eigenvalue weighted by Crippen LogP contribution is -2.26. The normalized spacial score (nSPS) is 27.8. The molecule has 2 atom stereocenters. The van der Waals surface area contributed by atoms with E-state index >= 15 is 0 Å². The first-order valence-corrected chi connectivity index (χ1v) is 5.15. The Morgan fingerprint density at radius 1 is 1.69 bits per heavy atom. The zero-order chi connectivity index (χ0) is 9.26. The lowest BCUT2D eigenvalue weighted by molar-refractivity contribution is 0.190. The summed E-state index contributed by atoms with van der Waals surface area (Å²) < 4.78 is 5.29. The molecule has 4 nitrogen and oxygen atoms in total. The topological polar surface area (TPSA) is 60.2 Å².